The third-order valence-corrected chi connectivity index (χ3v) is 3.24. The fourth-order valence-electron chi connectivity index (χ4n) is 2.17. The molecule has 0 aliphatic carbocycles. The van der Waals surface area contributed by atoms with Crippen molar-refractivity contribution in [2.45, 2.75) is 59.0 Å². The maximum absolute atomic E-state index is 5.12. The van der Waals surface area contributed by atoms with Crippen LogP contribution in [0.25, 0.3) is 0 Å². The van der Waals surface area contributed by atoms with Gasteiger partial charge in [-0.15, -0.1) is 0 Å². The number of ether oxygens (including phenoxy) is 1. The zero-order chi connectivity index (χ0) is 15.3. The third-order valence-electron chi connectivity index (χ3n) is 3.24. The van der Waals surface area contributed by atoms with Crippen LogP contribution in [0, 0.1) is 0 Å². The van der Waals surface area contributed by atoms with E-state index >= 15 is 0 Å². The van der Waals surface area contributed by atoms with Gasteiger partial charge in [0.25, 0.3) is 0 Å². The van der Waals surface area contributed by atoms with E-state index < -0.39 is 0 Å². The molecule has 0 saturated carbocycles. The van der Waals surface area contributed by atoms with Crippen LogP contribution in [0.1, 0.15) is 58.2 Å². The van der Waals surface area contributed by atoms with Crippen LogP contribution >= 0.6 is 0 Å². The van der Waals surface area contributed by atoms with E-state index in [4.69, 9.17) is 4.74 Å². The topological polar surface area (TPSA) is 59.1 Å². The molecule has 1 rings (SSSR count). The highest BCUT2D eigenvalue weighted by Crippen LogP contribution is 2.12. The summed E-state index contributed by atoms with van der Waals surface area (Å²) in [5, 5.41) is 6.61. The molecule has 0 aliphatic heterocycles. The van der Waals surface area contributed by atoms with Crippen LogP contribution in [0.3, 0.4) is 0 Å². The van der Waals surface area contributed by atoms with E-state index in [2.05, 4.69) is 34.4 Å². The number of rotatable bonds is 12. The minimum absolute atomic E-state index is 0.435. The van der Waals surface area contributed by atoms with E-state index in [1.807, 2.05) is 6.07 Å². The van der Waals surface area contributed by atoms with Crippen molar-refractivity contribution in [2.75, 3.05) is 30.8 Å². The molecule has 0 aliphatic rings. The van der Waals surface area contributed by atoms with Gasteiger partial charge in [-0.25, -0.2) is 9.97 Å². The van der Waals surface area contributed by atoms with E-state index in [1.165, 1.54) is 38.5 Å². The molecule has 1 aromatic heterocycles. The molecular weight excluding hydrogens is 264 g/mol. The van der Waals surface area contributed by atoms with Gasteiger partial charge < -0.3 is 15.4 Å². The smallest absolute Gasteiger partial charge is 0.158 e. The molecule has 0 unspecified atom stereocenters. The molecule has 120 valence electrons. The molecule has 0 radical (unpaired) electrons. The van der Waals surface area contributed by atoms with Gasteiger partial charge in [0.2, 0.25) is 0 Å². The summed E-state index contributed by atoms with van der Waals surface area (Å²) in [6.45, 7) is 6.55. The first kappa shape index (κ1) is 17.7. The second kappa shape index (κ2) is 11.3. The molecule has 0 atom stereocenters. The van der Waals surface area contributed by atoms with Crippen molar-refractivity contribution in [2.24, 2.45) is 0 Å². The molecule has 0 amide bonds. The molecule has 0 bridgehead atoms. The second-order valence-electron chi connectivity index (χ2n) is 5.21. The summed E-state index contributed by atoms with van der Waals surface area (Å²) in [5.74, 6) is 2.44. The first-order chi connectivity index (χ1) is 10.3. The van der Waals surface area contributed by atoms with Crippen LogP contribution in [-0.4, -0.2) is 30.2 Å². The summed E-state index contributed by atoms with van der Waals surface area (Å²) >= 11 is 0. The Morgan fingerprint density at radius 1 is 0.952 bits per heavy atom. The van der Waals surface area contributed by atoms with Crippen LogP contribution in [-0.2, 0) is 11.3 Å². The molecule has 0 spiro atoms. The van der Waals surface area contributed by atoms with E-state index in [1.54, 1.807) is 7.11 Å². The number of anilines is 2. The summed E-state index contributed by atoms with van der Waals surface area (Å²) < 4.78 is 5.12. The number of methoxy groups -OCH3 is 1. The monoisotopic (exact) mass is 294 g/mol. The predicted octanol–water partition coefficient (Wildman–Crippen LogP) is 3.83. The second-order valence-corrected chi connectivity index (χ2v) is 5.21. The van der Waals surface area contributed by atoms with Crippen LogP contribution in [0.4, 0.5) is 11.6 Å². The number of unbranched alkanes of at least 4 members (excludes halogenated alkanes) is 5. The van der Waals surface area contributed by atoms with Crippen molar-refractivity contribution in [3.8, 4) is 0 Å². The van der Waals surface area contributed by atoms with Crippen molar-refractivity contribution in [3.63, 3.8) is 0 Å². The van der Waals surface area contributed by atoms with E-state index in [0.717, 1.165) is 24.7 Å². The Hall–Kier alpha value is -1.36. The Kier molecular flexibility index (Phi) is 9.53. The van der Waals surface area contributed by atoms with Gasteiger partial charge in [0.15, 0.2) is 5.82 Å². The van der Waals surface area contributed by atoms with Gasteiger partial charge >= 0.3 is 0 Å². The number of hydrogen-bond acceptors (Lipinski definition) is 5. The molecule has 0 aromatic carbocycles. The molecule has 0 saturated heterocycles. The molecule has 0 fully saturated rings. The van der Waals surface area contributed by atoms with E-state index in [9.17, 15) is 0 Å². The summed E-state index contributed by atoms with van der Waals surface area (Å²) in [6.07, 6.45) is 7.80. The van der Waals surface area contributed by atoms with E-state index in [0.29, 0.717) is 12.4 Å². The Morgan fingerprint density at radius 2 is 1.62 bits per heavy atom. The third kappa shape index (κ3) is 7.85. The number of nitrogens with zero attached hydrogens (tertiary/aromatic N) is 2. The highest BCUT2D eigenvalue weighted by Gasteiger charge is 2.03. The molecular formula is C16H30N4O. The largest absolute Gasteiger partial charge is 0.377 e. The van der Waals surface area contributed by atoms with Crippen molar-refractivity contribution >= 4 is 11.6 Å². The quantitative estimate of drug-likeness (QED) is 0.574. The van der Waals surface area contributed by atoms with Gasteiger partial charge in [-0.2, -0.15) is 0 Å². The first-order valence-corrected chi connectivity index (χ1v) is 8.14. The molecule has 1 heterocycles. The van der Waals surface area contributed by atoms with Crippen molar-refractivity contribution in [3.05, 3.63) is 11.9 Å². The average molecular weight is 294 g/mol. The van der Waals surface area contributed by atoms with Crippen LogP contribution in [0.5, 0.6) is 0 Å². The van der Waals surface area contributed by atoms with Crippen LogP contribution < -0.4 is 10.6 Å². The Morgan fingerprint density at radius 3 is 2.29 bits per heavy atom. The predicted molar refractivity (Wildman–Crippen MR) is 88.8 cm³/mol. The number of hydrogen-bond donors (Lipinski definition) is 2. The van der Waals surface area contributed by atoms with Gasteiger partial charge in [0.1, 0.15) is 18.2 Å². The Balaban J connectivity index is 2.38. The molecule has 5 heteroatoms. The number of aromatic nitrogens is 2. The van der Waals surface area contributed by atoms with Crippen molar-refractivity contribution < 1.29 is 4.74 Å². The van der Waals surface area contributed by atoms with Gasteiger partial charge in [-0.1, -0.05) is 39.0 Å². The van der Waals surface area contributed by atoms with Crippen molar-refractivity contribution in [1.29, 1.82) is 0 Å². The minimum Gasteiger partial charge on any atom is -0.377 e. The summed E-state index contributed by atoms with van der Waals surface area (Å²) in [7, 11) is 1.66. The zero-order valence-electron chi connectivity index (χ0n) is 13.7. The standard InChI is InChI=1S/C16H30N4O/c1-4-6-7-8-9-10-11-18-15-12-14(17-5-2)19-16(20-15)13-21-3/h12H,4-11,13H2,1-3H3,(H2,17,18,19,20). The molecule has 21 heavy (non-hydrogen) atoms. The lowest BCUT2D eigenvalue weighted by Gasteiger charge is -2.10. The lowest BCUT2D eigenvalue weighted by atomic mass is 10.1. The van der Waals surface area contributed by atoms with Crippen LogP contribution in [0.2, 0.25) is 0 Å². The average Bonchev–Trinajstić information content (AvgIpc) is 2.47. The summed E-state index contributed by atoms with van der Waals surface area (Å²) in [4.78, 5) is 8.87. The highest BCUT2D eigenvalue weighted by molar-refractivity contribution is 5.47. The molecule has 5 nitrogen and oxygen atoms in total. The van der Waals surface area contributed by atoms with Crippen LogP contribution in [0.15, 0.2) is 6.07 Å². The zero-order valence-corrected chi connectivity index (χ0v) is 13.7. The maximum atomic E-state index is 5.12. The van der Waals surface area contributed by atoms with Crippen molar-refractivity contribution in [1.82, 2.24) is 9.97 Å². The fourth-order valence-corrected chi connectivity index (χ4v) is 2.17. The van der Waals surface area contributed by atoms with Gasteiger partial charge in [0.05, 0.1) is 0 Å². The molecule has 2 N–H and O–H groups in total. The Bertz CT molecular complexity index is 360. The summed E-state index contributed by atoms with van der Waals surface area (Å²) in [5.41, 5.74) is 0. The SMILES string of the molecule is CCCCCCCCNc1cc(NCC)nc(COC)n1. The normalized spacial score (nSPS) is 10.6. The van der Waals surface area contributed by atoms with Gasteiger partial charge in [-0.05, 0) is 13.3 Å². The lowest BCUT2D eigenvalue weighted by molar-refractivity contribution is 0.178. The summed E-state index contributed by atoms with van der Waals surface area (Å²) in [6, 6.07) is 1.96. The van der Waals surface area contributed by atoms with Gasteiger partial charge in [-0.3, -0.25) is 0 Å². The first-order valence-electron chi connectivity index (χ1n) is 8.14. The molecule has 1 aromatic rings. The maximum Gasteiger partial charge on any atom is 0.158 e. The minimum atomic E-state index is 0.435. The van der Waals surface area contributed by atoms with Gasteiger partial charge in [0, 0.05) is 26.3 Å². The lowest BCUT2D eigenvalue weighted by Crippen LogP contribution is -2.09. The highest BCUT2D eigenvalue weighted by atomic mass is 16.5. The van der Waals surface area contributed by atoms with E-state index in [-0.39, 0.29) is 0 Å². The Labute approximate surface area is 128 Å². The fraction of sp³-hybridized carbons (Fsp3) is 0.750. The number of nitrogens with one attached hydrogen (secondary N) is 2.